The summed E-state index contributed by atoms with van der Waals surface area (Å²) >= 11 is 0. The largest absolute Gasteiger partial charge is 0.361 e. The van der Waals surface area contributed by atoms with Crippen molar-refractivity contribution in [3.05, 3.63) is 35.4 Å². The van der Waals surface area contributed by atoms with Gasteiger partial charge in [-0.05, 0) is 47.1 Å². The third-order valence-electron chi connectivity index (χ3n) is 2.52. The number of hydrogen-bond donors (Lipinski definition) is 1. The lowest BCUT2D eigenvalue weighted by Crippen LogP contribution is -2.44. The van der Waals surface area contributed by atoms with Gasteiger partial charge in [0.15, 0.2) is 6.10 Å². The van der Waals surface area contributed by atoms with E-state index in [1.165, 1.54) is 5.56 Å². The van der Waals surface area contributed by atoms with Gasteiger partial charge >= 0.3 is 0 Å². The van der Waals surface area contributed by atoms with Crippen molar-refractivity contribution in [2.45, 2.75) is 59.3 Å². The molecule has 0 fully saturated rings. The Kier molecular flexibility index (Phi) is 5.12. The number of amides is 1. The van der Waals surface area contributed by atoms with E-state index in [2.05, 4.69) is 5.32 Å². The van der Waals surface area contributed by atoms with Crippen LogP contribution in [-0.2, 0) is 9.53 Å². The summed E-state index contributed by atoms with van der Waals surface area (Å²) < 4.78 is 5.77. The minimum atomic E-state index is -0.556. The molecule has 0 aliphatic rings. The van der Waals surface area contributed by atoms with Crippen LogP contribution in [0.4, 0.5) is 0 Å². The van der Waals surface area contributed by atoms with Gasteiger partial charge in [0, 0.05) is 5.54 Å². The molecule has 0 heterocycles. The van der Waals surface area contributed by atoms with E-state index in [4.69, 9.17) is 4.74 Å². The van der Waals surface area contributed by atoms with Crippen molar-refractivity contribution in [2.75, 3.05) is 0 Å². The predicted octanol–water partition coefficient (Wildman–Crippen LogP) is 3.38. The van der Waals surface area contributed by atoms with Crippen molar-refractivity contribution in [3.8, 4) is 0 Å². The zero-order valence-corrected chi connectivity index (χ0v) is 12.8. The Bertz CT molecular complexity index is 415. The summed E-state index contributed by atoms with van der Waals surface area (Å²) in [7, 11) is 0. The van der Waals surface area contributed by atoms with Crippen molar-refractivity contribution >= 4 is 5.91 Å². The molecule has 0 radical (unpaired) electrons. The molecule has 0 spiro atoms. The average molecular weight is 263 g/mol. The maximum Gasteiger partial charge on any atom is 0.254 e. The topological polar surface area (TPSA) is 38.3 Å². The highest BCUT2D eigenvalue weighted by atomic mass is 16.5. The molecule has 3 nitrogen and oxygen atoms in total. The van der Waals surface area contributed by atoms with Gasteiger partial charge in [0.1, 0.15) is 0 Å². The van der Waals surface area contributed by atoms with E-state index < -0.39 is 6.10 Å². The fourth-order valence-corrected chi connectivity index (χ4v) is 1.74. The molecular weight excluding hydrogens is 238 g/mol. The second-order valence-electron chi connectivity index (χ2n) is 6.21. The van der Waals surface area contributed by atoms with Crippen LogP contribution in [0.3, 0.4) is 0 Å². The Labute approximate surface area is 116 Å². The van der Waals surface area contributed by atoms with Crippen molar-refractivity contribution in [1.82, 2.24) is 5.32 Å². The van der Waals surface area contributed by atoms with Crippen molar-refractivity contribution in [1.29, 1.82) is 0 Å². The molecule has 106 valence electrons. The maximum absolute atomic E-state index is 12.3. The molecule has 1 aromatic carbocycles. The zero-order chi connectivity index (χ0) is 14.6. The number of carbonyl (C=O) groups excluding carboxylic acids is 1. The molecule has 1 atom stereocenters. The summed E-state index contributed by atoms with van der Waals surface area (Å²) in [4.78, 5) is 12.3. The summed E-state index contributed by atoms with van der Waals surface area (Å²) in [6.07, 6.45) is -0.558. The third kappa shape index (κ3) is 5.43. The fourth-order valence-electron chi connectivity index (χ4n) is 1.74. The number of nitrogens with one attached hydrogen (secondary N) is 1. The summed E-state index contributed by atoms with van der Waals surface area (Å²) in [5, 5.41) is 2.97. The van der Waals surface area contributed by atoms with Crippen LogP contribution in [0.15, 0.2) is 24.3 Å². The number of benzene rings is 1. The predicted molar refractivity (Wildman–Crippen MR) is 78.0 cm³/mol. The second kappa shape index (κ2) is 6.20. The van der Waals surface area contributed by atoms with Gasteiger partial charge in [-0.3, -0.25) is 4.79 Å². The first-order valence-corrected chi connectivity index (χ1v) is 6.73. The van der Waals surface area contributed by atoms with Gasteiger partial charge in [-0.25, -0.2) is 0 Å². The van der Waals surface area contributed by atoms with E-state index in [1.54, 1.807) is 0 Å². The quantitative estimate of drug-likeness (QED) is 0.904. The second-order valence-corrected chi connectivity index (χ2v) is 6.21. The first-order valence-electron chi connectivity index (χ1n) is 6.73. The summed E-state index contributed by atoms with van der Waals surface area (Å²) in [5.41, 5.74) is 1.80. The summed E-state index contributed by atoms with van der Waals surface area (Å²) in [6.45, 7) is 11.8. The maximum atomic E-state index is 12.3. The van der Waals surface area contributed by atoms with Gasteiger partial charge in [0.2, 0.25) is 0 Å². The van der Waals surface area contributed by atoms with E-state index >= 15 is 0 Å². The molecule has 1 amide bonds. The number of ether oxygens (including phenoxy) is 1. The van der Waals surface area contributed by atoms with Gasteiger partial charge < -0.3 is 10.1 Å². The first kappa shape index (κ1) is 15.7. The van der Waals surface area contributed by atoms with E-state index in [1.807, 2.05) is 65.8 Å². The average Bonchev–Trinajstić information content (AvgIpc) is 2.24. The van der Waals surface area contributed by atoms with Gasteiger partial charge in [0.05, 0.1) is 6.10 Å². The Morgan fingerprint density at radius 1 is 1.16 bits per heavy atom. The molecule has 0 bridgehead atoms. The Morgan fingerprint density at radius 2 is 1.68 bits per heavy atom. The molecule has 0 aliphatic carbocycles. The molecule has 0 saturated heterocycles. The van der Waals surface area contributed by atoms with Crippen LogP contribution in [0.5, 0.6) is 0 Å². The van der Waals surface area contributed by atoms with Crippen molar-refractivity contribution < 1.29 is 9.53 Å². The highest BCUT2D eigenvalue weighted by Gasteiger charge is 2.25. The van der Waals surface area contributed by atoms with Crippen LogP contribution in [0.25, 0.3) is 0 Å². The van der Waals surface area contributed by atoms with Crippen LogP contribution < -0.4 is 5.32 Å². The van der Waals surface area contributed by atoms with Gasteiger partial charge in [-0.1, -0.05) is 29.8 Å². The van der Waals surface area contributed by atoms with Crippen LogP contribution in [0.1, 0.15) is 51.8 Å². The number of hydrogen-bond acceptors (Lipinski definition) is 2. The Morgan fingerprint density at radius 3 is 2.11 bits per heavy atom. The van der Waals surface area contributed by atoms with E-state index in [9.17, 15) is 4.79 Å². The molecule has 0 aliphatic heterocycles. The van der Waals surface area contributed by atoms with E-state index in [-0.39, 0.29) is 17.6 Å². The molecule has 0 saturated carbocycles. The lowest BCUT2D eigenvalue weighted by Gasteiger charge is -2.26. The molecule has 0 aromatic heterocycles. The number of aryl methyl sites for hydroxylation is 1. The highest BCUT2D eigenvalue weighted by Crippen LogP contribution is 2.21. The smallest absolute Gasteiger partial charge is 0.254 e. The molecular formula is C16H25NO2. The minimum absolute atomic E-state index is 0.00276. The third-order valence-corrected chi connectivity index (χ3v) is 2.52. The van der Waals surface area contributed by atoms with Crippen LogP contribution in [-0.4, -0.2) is 17.6 Å². The number of carbonyl (C=O) groups is 1. The van der Waals surface area contributed by atoms with E-state index in [0.29, 0.717) is 0 Å². The van der Waals surface area contributed by atoms with Crippen LogP contribution in [0.2, 0.25) is 0 Å². The molecule has 1 N–H and O–H groups in total. The molecule has 1 rings (SSSR count). The number of rotatable bonds is 4. The summed E-state index contributed by atoms with van der Waals surface area (Å²) in [5.74, 6) is -0.0925. The monoisotopic (exact) mass is 263 g/mol. The van der Waals surface area contributed by atoms with Gasteiger partial charge in [-0.15, -0.1) is 0 Å². The first-order chi connectivity index (χ1) is 8.69. The zero-order valence-electron chi connectivity index (χ0n) is 12.8. The van der Waals surface area contributed by atoms with Crippen molar-refractivity contribution in [2.24, 2.45) is 0 Å². The van der Waals surface area contributed by atoms with Gasteiger partial charge in [0.25, 0.3) is 5.91 Å². The molecule has 19 heavy (non-hydrogen) atoms. The van der Waals surface area contributed by atoms with Gasteiger partial charge in [-0.2, -0.15) is 0 Å². The fraction of sp³-hybridized carbons (Fsp3) is 0.562. The van der Waals surface area contributed by atoms with E-state index in [0.717, 1.165) is 5.56 Å². The van der Waals surface area contributed by atoms with Crippen molar-refractivity contribution in [3.63, 3.8) is 0 Å². The van der Waals surface area contributed by atoms with Crippen LogP contribution >= 0.6 is 0 Å². The SMILES string of the molecule is Cc1ccc(C(OC(C)C)C(=O)NC(C)(C)C)cc1. The molecule has 1 aromatic rings. The summed E-state index contributed by atoms with van der Waals surface area (Å²) in [6, 6.07) is 7.89. The lowest BCUT2D eigenvalue weighted by atomic mass is 10.0. The Hall–Kier alpha value is -1.35. The normalized spacial score (nSPS) is 13.4. The molecule has 3 heteroatoms. The van der Waals surface area contributed by atoms with Crippen LogP contribution in [0, 0.1) is 6.92 Å². The lowest BCUT2D eigenvalue weighted by molar-refractivity contribution is -0.137. The molecule has 1 unspecified atom stereocenters. The minimum Gasteiger partial charge on any atom is -0.361 e. The highest BCUT2D eigenvalue weighted by molar-refractivity contribution is 5.82. The standard InChI is InChI=1S/C16H25NO2/c1-11(2)19-14(15(18)17-16(4,5)6)13-9-7-12(3)8-10-13/h7-11,14H,1-6H3,(H,17,18). The Balaban J connectivity index is 2.94.